The number of imidazole rings is 1. The first kappa shape index (κ1) is 15.2. The van der Waals surface area contributed by atoms with Crippen LogP contribution in [0.3, 0.4) is 0 Å². The first-order valence-electron chi connectivity index (χ1n) is 8.82. The smallest absolute Gasteiger partial charge is 0.155 e. The van der Waals surface area contributed by atoms with Gasteiger partial charge in [0.05, 0.1) is 11.4 Å². The van der Waals surface area contributed by atoms with Crippen LogP contribution in [-0.4, -0.2) is 42.6 Å². The van der Waals surface area contributed by atoms with Crippen LogP contribution in [0.15, 0.2) is 42.9 Å². The average Bonchev–Trinajstić information content (AvgIpc) is 3.39. The molecule has 7 nitrogen and oxygen atoms in total. The fourth-order valence-electron chi connectivity index (χ4n) is 3.51. The van der Waals surface area contributed by atoms with Crippen molar-refractivity contribution in [2.45, 2.75) is 19.3 Å². The Morgan fingerprint density at radius 3 is 2.96 bits per heavy atom. The van der Waals surface area contributed by atoms with Crippen molar-refractivity contribution < 1.29 is 0 Å². The van der Waals surface area contributed by atoms with Gasteiger partial charge in [-0.25, -0.2) is 14.5 Å². The van der Waals surface area contributed by atoms with Gasteiger partial charge in [0.25, 0.3) is 0 Å². The van der Waals surface area contributed by atoms with Crippen molar-refractivity contribution in [2.24, 2.45) is 0 Å². The maximum absolute atomic E-state index is 4.94. The standard InChI is InChI=1S/C19H19N7/c1-12-3-2-4-15(23-12)18-17(24-19(25-18)13-7-8-20-9-13)14-5-6-16-21-11-22-26(16)10-14/h2-6,10-11,13,20H,7-9H2,1H3,(H,24,25). The number of rotatable bonds is 3. The molecule has 1 fully saturated rings. The Morgan fingerprint density at radius 2 is 2.12 bits per heavy atom. The summed E-state index contributed by atoms with van der Waals surface area (Å²) in [6, 6.07) is 10.0. The van der Waals surface area contributed by atoms with Gasteiger partial charge in [-0.3, -0.25) is 4.98 Å². The van der Waals surface area contributed by atoms with Crippen molar-refractivity contribution in [3.8, 4) is 22.6 Å². The molecular formula is C19H19N7. The molecule has 0 aliphatic carbocycles. The predicted octanol–water partition coefficient (Wildman–Crippen LogP) is 2.57. The number of hydrogen-bond acceptors (Lipinski definition) is 5. The summed E-state index contributed by atoms with van der Waals surface area (Å²) in [5.74, 6) is 1.42. The van der Waals surface area contributed by atoms with E-state index in [9.17, 15) is 0 Å². The Bertz CT molecular complexity index is 1070. The summed E-state index contributed by atoms with van der Waals surface area (Å²) >= 11 is 0. The van der Waals surface area contributed by atoms with Crippen LogP contribution in [0.2, 0.25) is 0 Å². The number of aromatic nitrogens is 6. The van der Waals surface area contributed by atoms with Crippen molar-refractivity contribution >= 4 is 5.65 Å². The van der Waals surface area contributed by atoms with Gasteiger partial charge in [-0.1, -0.05) is 6.07 Å². The molecule has 4 aromatic rings. The molecule has 1 unspecified atom stereocenters. The van der Waals surface area contributed by atoms with E-state index < -0.39 is 0 Å². The van der Waals surface area contributed by atoms with E-state index in [1.54, 1.807) is 10.8 Å². The van der Waals surface area contributed by atoms with Crippen LogP contribution >= 0.6 is 0 Å². The molecule has 26 heavy (non-hydrogen) atoms. The molecule has 1 atom stereocenters. The third kappa shape index (κ3) is 2.57. The number of aromatic amines is 1. The summed E-state index contributed by atoms with van der Waals surface area (Å²) in [6.07, 6.45) is 4.63. The number of nitrogens with zero attached hydrogens (tertiary/aromatic N) is 5. The second-order valence-corrected chi connectivity index (χ2v) is 6.68. The van der Waals surface area contributed by atoms with E-state index in [0.717, 1.165) is 59.3 Å². The van der Waals surface area contributed by atoms with E-state index >= 15 is 0 Å². The highest BCUT2D eigenvalue weighted by atomic mass is 15.3. The molecule has 1 aliphatic rings. The van der Waals surface area contributed by atoms with Gasteiger partial charge in [-0.2, -0.15) is 5.10 Å². The van der Waals surface area contributed by atoms with Crippen LogP contribution in [0, 0.1) is 6.92 Å². The van der Waals surface area contributed by atoms with Crippen LogP contribution in [-0.2, 0) is 0 Å². The Morgan fingerprint density at radius 1 is 1.15 bits per heavy atom. The number of nitrogens with one attached hydrogen (secondary N) is 2. The zero-order valence-corrected chi connectivity index (χ0v) is 14.5. The maximum Gasteiger partial charge on any atom is 0.155 e. The zero-order valence-electron chi connectivity index (χ0n) is 14.5. The molecule has 4 aromatic heterocycles. The Labute approximate surface area is 150 Å². The van der Waals surface area contributed by atoms with E-state index in [0.29, 0.717) is 5.92 Å². The monoisotopic (exact) mass is 345 g/mol. The van der Waals surface area contributed by atoms with Crippen molar-refractivity contribution in [3.63, 3.8) is 0 Å². The van der Waals surface area contributed by atoms with Gasteiger partial charge >= 0.3 is 0 Å². The van der Waals surface area contributed by atoms with Crippen molar-refractivity contribution in [1.82, 2.24) is 34.9 Å². The van der Waals surface area contributed by atoms with E-state index in [1.807, 2.05) is 43.5 Å². The molecule has 0 amide bonds. The summed E-state index contributed by atoms with van der Waals surface area (Å²) in [5.41, 5.74) is 5.56. The second kappa shape index (κ2) is 6.03. The summed E-state index contributed by atoms with van der Waals surface area (Å²) in [4.78, 5) is 17.4. The maximum atomic E-state index is 4.94. The SMILES string of the molecule is Cc1cccc(-c2nc(C3CCNC3)[nH]c2-c2ccc3ncnn3c2)n1. The fraction of sp³-hybridized carbons (Fsp3) is 0.263. The molecule has 1 aliphatic heterocycles. The minimum atomic E-state index is 0.405. The number of aryl methyl sites for hydroxylation is 1. The van der Waals surface area contributed by atoms with E-state index in [-0.39, 0.29) is 0 Å². The second-order valence-electron chi connectivity index (χ2n) is 6.68. The predicted molar refractivity (Wildman–Crippen MR) is 98.8 cm³/mol. The summed E-state index contributed by atoms with van der Waals surface area (Å²) in [7, 11) is 0. The van der Waals surface area contributed by atoms with Crippen LogP contribution < -0.4 is 5.32 Å². The van der Waals surface area contributed by atoms with Gasteiger partial charge in [0.15, 0.2) is 5.65 Å². The Hall–Kier alpha value is -3.06. The molecule has 5 heterocycles. The molecule has 0 spiro atoms. The van der Waals surface area contributed by atoms with E-state index in [1.165, 1.54) is 0 Å². The highest BCUT2D eigenvalue weighted by Crippen LogP contribution is 2.32. The first-order valence-corrected chi connectivity index (χ1v) is 8.82. The number of hydrogen-bond donors (Lipinski definition) is 2. The third-order valence-electron chi connectivity index (χ3n) is 4.86. The van der Waals surface area contributed by atoms with Crippen molar-refractivity contribution in [1.29, 1.82) is 0 Å². The molecule has 5 rings (SSSR count). The number of pyridine rings is 2. The minimum Gasteiger partial charge on any atom is -0.341 e. The Balaban J connectivity index is 1.68. The molecule has 0 aromatic carbocycles. The highest BCUT2D eigenvalue weighted by Gasteiger charge is 2.23. The average molecular weight is 345 g/mol. The van der Waals surface area contributed by atoms with Crippen LogP contribution in [0.25, 0.3) is 28.3 Å². The van der Waals surface area contributed by atoms with Crippen LogP contribution in [0.5, 0.6) is 0 Å². The van der Waals surface area contributed by atoms with E-state index in [2.05, 4.69) is 25.4 Å². The lowest BCUT2D eigenvalue weighted by Gasteiger charge is -2.04. The van der Waals surface area contributed by atoms with Gasteiger partial charge in [0.2, 0.25) is 0 Å². The summed E-state index contributed by atoms with van der Waals surface area (Å²) in [5, 5.41) is 7.66. The van der Waals surface area contributed by atoms with Crippen LogP contribution in [0.4, 0.5) is 0 Å². The van der Waals surface area contributed by atoms with Gasteiger partial charge in [-0.15, -0.1) is 0 Å². The van der Waals surface area contributed by atoms with Gasteiger partial charge < -0.3 is 10.3 Å². The minimum absolute atomic E-state index is 0.405. The highest BCUT2D eigenvalue weighted by molar-refractivity contribution is 5.77. The van der Waals surface area contributed by atoms with Gasteiger partial charge in [0, 0.05) is 29.9 Å². The molecule has 130 valence electrons. The molecule has 0 radical (unpaired) electrons. The molecule has 7 heteroatoms. The lowest BCUT2D eigenvalue weighted by molar-refractivity contribution is 0.715. The quantitative estimate of drug-likeness (QED) is 0.596. The van der Waals surface area contributed by atoms with Gasteiger partial charge in [-0.05, 0) is 44.2 Å². The third-order valence-corrected chi connectivity index (χ3v) is 4.86. The van der Waals surface area contributed by atoms with Gasteiger partial charge in [0.1, 0.15) is 17.8 Å². The topological polar surface area (TPSA) is 83.8 Å². The molecule has 2 N–H and O–H groups in total. The zero-order chi connectivity index (χ0) is 17.5. The van der Waals surface area contributed by atoms with Crippen molar-refractivity contribution in [3.05, 3.63) is 54.4 Å². The molecule has 0 bridgehead atoms. The number of H-pyrrole nitrogens is 1. The molecule has 1 saturated heterocycles. The molecule has 0 saturated carbocycles. The largest absolute Gasteiger partial charge is 0.341 e. The summed E-state index contributed by atoms with van der Waals surface area (Å²) in [6.45, 7) is 3.98. The number of fused-ring (bicyclic) bond motifs is 1. The van der Waals surface area contributed by atoms with Crippen LogP contribution in [0.1, 0.15) is 23.9 Å². The first-order chi connectivity index (χ1) is 12.8. The summed E-state index contributed by atoms with van der Waals surface area (Å²) < 4.78 is 1.78. The lowest BCUT2D eigenvalue weighted by atomic mass is 10.1. The van der Waals surface area contributed by atoms with E-state index in [4.69, 9.17) is 4.98 Å². The lowest BCUT2D eigenvalue weighted by Crippen LogP contribution is -2.08. The fourth-order valence-corrected chi connectivity index (χ4v) is 3.51. The normalized spacial score (nSPS) is 17.2. The van der Waals surface area contributed by atoms with Crippen molar-refractivity contribution in [2.75, 3.05) is 13.1 Å². The Kier molecular flexibility index (Phi) is 3.53. The molecular weight excluding hydrogens is 326 g/mol.